The largest absolute Gasteiger partial charge is 0.486 e. The Hall–Kier alpha value is -1.04. The molecule has 0 saturated heterocycles. The van der Waals surface area contributed by atoms with Gasteiger partial charge in [0.1, 0.15) is 17.4 Å². The minimum absolute atomic E-state index is 0.530. The van der Waals surface area contributed by atoms with Gasteiger partial charge in [-0.2, -0.15) is 0 Å². The van der Waals surface area contributed by atoms with Crippen LogP contribution in [-0.4, -0.2) is 17.8 Å². The van der Waals surface area contributed by atoms with Gasteiger partial charge in [0, 0.05) is 16.8 Å². The van der Waals surface area contributed by atoms with Gasteiger partial charge in [-0.05, 0) is 31.4 Å². The molecule has 0 aliphatic carbocycles. The monoisotopic (exact) mass is 308 g/mol. The molecule has 108 valence electrons. The first-order chi connectivity index (χ1) is 9.83. The van der Waals surface area contributed by atoms with Gasteiger partial charge in [0.15, 0.2) is 0 Å². The van der Waals surface area contributed by atoms with Gasteiger partial charge in [0.05, 0.1) is 5.69 Å². The van der Waals surface area contributed by atoms with E-state index in [9.17, 15) is 0 Å². The van der Waals surface area contributed by atoms with E-state index in [1.165, 1.54) is 0 Å². The number of benzene rings is 1. The summed E-state index contributed by atoms with van der Waals surface area (Å²) in [5.41, 5.74) is 0.999. The van der Waals surface area contributed by atoms with Crippen LogP contribution in [-0.2, 0) is 13.2 Å². The minimum Gasteiger partial charge on any atom is -0.486 e. The number of thioether (sulfide) groups is 1. The summed E-state index contributed by atoms with van der Waals surface area (Å²) >= 11 is 3.38. The normalized spacial score (nSPS) is 10.7. The van der Waals surface area contributed by atoms with Crippen LogP contribution < -0.4 is 10.1 Å². The topological polar surface area (TPSA) is 34.2 Å². The lowest BCUT2D eigenvalue weighted by atomic mass is 10.3. The Morgan fingerprint density at radius 2 is 2.20 bits per heavy atom. The molecule has 0 unspecified atom stereocenters. The fraction of sp³-hybridized carbons (Fsp3) is 0.400. The number of rotatable bonds is 8. The Morgan fingerprint density at radius 3 is 3.00 bits per heavy atom. The maximum Gasteiger partial charge on any atom is 0.133 e. The van der Waals surface area contributed by atoms with Crippen molar-refractivity contribution >= 4 is 23.1 Å². The van der Waals surface area contributed by atoms with E-state index >= 15 is 0 Å². The molecule has 1 aromatic carbocycles. The van der Waals surface area contributed by atoms with Gasteiger partial charge in [0.2, 0.25) is 0 Å². The van der Waals surface area contributed by atoms with Crippen LogP contribution in [0, 0.1) is 0 Å². The first-order valence-electron chi connectivity index (χ1n) is 6.73. The van der Waals surface area contributed by atoms with E-state index in [0.717, 1.165) is 40.9 Å². The molecule has 0 radical (unpaired) electrons. The number of para-hydroxylation sites is 1. The lowest BCUT2D eigenvalue weighted by molar-refractivity contribution is 0.294. The van der Waals surface area contributed by atoms with Crippen LogP contribution in [0.3, 0.4) is 0 Å². The van der Waals surface area contributed by atoms with Crippen LogP contribution in [0.1, 0.15) is 24.0 Å². The number of thiazole rings is 1. The number of aromatic nitrogens is 1. The Morgan fingerprint density at radius 1 is 1.35 bits per heavy atom. The summed E-state index contributed by atoms with van der Waals surface area (Å²) in [7, 11) is 0. The van der Waals surface area contributed by atoms with Crippen LogP contribution in [0.15, 0.2) is 34.5 Å². The molecule has 0 aliphatic heterocycles. The van der Waals surface area contributed by atoms with Crippen molar-refractivity contribution in [3.8, 4) is 5.75 Å². The second kappa shape index (κ2) is 8.29. The zero-order valence-corrected chi connectivity index (χ0v) is 13.5. The number of hydrogen-bond donors (Lipinski definition) is 1. The first-order valence-corrected chi connectivity index (χ1v) is 8.83. The van der Waals surface area contributed by atoms with Crippen molar-refractivity contribution in [1.82, 2.24) is 10.3 Å². The molecule has 0 saturated carbocycles. The summed E-state index contributed by atoms with van der Waals surface area (Å²) in [6.07, 6.45) is 3.20. The lowest BCUT2D eigenvalue weighted by Crippen LogP contribution is -2.13. The average molecular weight is 308 g/mol. The molecule has 2 rings (SSSR count). The quantitative estimate of drug-likeness (QED) is 0.591. The molecular formula is C15H20N2OS2. The van der Waals surface area contributed by atoms with E-state index in [-0.39, 0.29) is 0 Å². The standard InChI is InChI=1S/C15H20N2OS2/c1-3-8-16-9-15-17-12(11-20-15)10-18-13-6-4-5-7-14(13)19-2/h4-7,11,16H,3,8-10H2,1-2H3. The highest BCUT2D eigenvalue weighted by Crippen LogP contribution is 2.27. The predicted octanol–water partition coefficient (Wildman–Crippen LogP) is 3.94. The molecule has 3 nitrogen and oxygen atoms in total. The summed E-state index contributed by atoms with van der Waals surface area (Å²) in [5.74, 6) is 0.929. The molecule has 1 heterocycles. The molecule has 0 fully saturated rings. The van der Waals surface area contributed by atoms with Crippen LogP contribution in [0.4, 0.5) is 0 Å². The highest BCUT2D eigenvalue weighted by Gasteiger charge is 2.05. The predicted molar refractivity (Wildman–Crippen MR) is 86.7 cm³/mol. The third-order valence-electron chi connectivity index (χ3n) is 2.75. The number of nitrogens with zero attached hydrogens (tertiary/aromatic N) is 1. The molecule has 1 N–H and O–H groups in total. The van der Waals surface area contributed by atoms with Gasteiger partial charge >= 0.3 is 0 Å². The molecule has 2 aromatic rings. The summed E-state index contributed by atoms with van der Waals surface area (Å²) in [6.45, 7) is 4.57. The van der Waals surface area contributed by atoms with E-state index in [1.54, 1.807) is 23.1 Å². The molecule has 0 amide bonds. The smallest absolute Gasteiger partial charge is 0.133 e. The van der Waals surface area contributed by atoms with Crippen molar-refractivity contribution in [3.63, 3.8) is 0 Å². The molecule has 20 heavy (non-hydrogen) atoms. The van der Waals surface area contributed by atoms with Crippen LogP contribution in [0.25, 0.3) is 0 Å². The number of nitrogens with one attached hydrogen (secondary N) is 1. The average Bonchev–Trinajstić information content (AvgIpc) is 2.93. The SMILES string of the molecule is CCCNCc1nc(COc2ccccc2SC)cs1. The van der Waals surface area contributed by atoms with E-state index in [2.05, 4.69) is 34.9 Å². The van der Waals surface area contributed by atoms with Gasteiger partial charge < -0.3 is 10.1 Å². The Kier molecular flexibility index (Phi) is 6.36. The molecular weight excluding hydrogens is 288 g/mol. The molecule has 0 atom stereocenters. The zero-order chi connectivity index (χ0) is 14.2. The summed E-state index contributed by atoms with van der Waals surface area (Å²) in [5, 5.41) is 6.56. The number of hydrogen-bond acceptors (Lipinski definition) is 5. The van der Waals surface area contributed by atoms with E-state index in [0.29, 0.717) is 6.61 Å². The van der Waals surface area contributed by atoms with Crippen molar-refractivity contribution in [2.45, 2.75) is 31.4 Å². The van der Waals surface area contributed by atoms with E-state index < -0.39 is 0 Å². The molecule has 1 aromatic heterocycles. The van der Waals surface area contributed by atoms with Crippen molar-refractivity contribution in [2.75, 3.05) is 12.8 Å². The summed E-state index contributed by atoms with van der Waals surface area (Å²) in [6, 6.07) is 8.10. The Labute approximate surface area is 128 Å². The van der Waals surface area contributed by atoms with Gasteiger partial charge in [-0.25, -0.2) is 4.98 Å². The van der Waals surface area contributed by atoms with Gasteiger partial charge in [-0.3, -0.25) is 0 Å². The van der Waals surface area contributed by atoms with E-state index in [1.807, 2.05) is 18.2 Å². The fourth-order valence-electron chi connectivity index (χ4n) is 1.76. The molecule has 5 heteroatoms. The first kappa shape index (κ1) is 15.4. The Balaban J connectivity index is 1.87. The number of ether oxygens (including phenoxy) is 1. The highest BCUT2D eigenvalue weighted by atomic mass is 32.2. The highest BCUT2D eigenvalue weighted by molar-refractivity contribution is 7.98. The van der Waals surface area contributed by atoms with Crippen molar-refractivity contribution in [3.05, 3.63) is 40.3 Å². The second-order valence-electron chi connectivity index (χ2n) is 4.35. The van der Waals surface area contributed by atoms with E-state index in [4.69, 9.17) is 4.74 Å². The maximum atomic E-state index is 5.86. The molecule has 0 spiro atoms. The Bertz CT molecular complexity index is 528. The fourth-order valence-corrected chi connectivity index (χ4v) is 3.05. The third-order valence-corrected chi connectivity index (χ3v) is 4.42. The summed E-state index contributed by atoms with van der Waals surface area (Å²) < 4.78 is 5.86. The van der Waals surface area contributed by atoms with Gasteiger partial charge in [-0.1, -0.05) is 19.1 Å². The minimum atomic E-state index is 0.530. The maximum absolute atomic E-state index is 5.86. The molecule has 0 bridgehead atoms. The van der Waals surface area contributed by atoms with Crippen molar-refractivity contribution < 1.29 is 4.74 Å². The van der Waals surface area contributed by atoms with Gasteiger partial charge in [-0.15, -0.1) is 23.1 Å². The molecule has 0 aliphatic rings. The van der Waals surface area contributed by atoms with Crippen molar-refractivity contribution in [1.29, 1.82) is 0 Å². The van der Waals surface area contributed by atoms with Crippen molar-refractivity contribution in [2.24, 2.45) is 0 Å². The summed E-state index contributed by atoms with van der Waals surface area (Å²) in [4.78, 5) is 5.74. The van der Waals surface area contributed by atoms with Crippen LogP contribution >= 0.6 is 23.1 Å². The van der Waals surface area contributed by atoms with Gasteiger partial charge in [0.25, 0.3) is 0 Å². The van der Waals surface area contributed by atoms with Crippen LogP contribution in [0.2, 0.25) is 0 Å². The lowest BCUT2D eigenvalue weighted by Gasteiger charge is -2.08. The zero-order valence-electron chi connectivity index (χ0n) is 11.9. The van der Waals surface area contributed by atoms with Crippen LogP contribution in [0.5, 0.6) is 5.75 Å². The second-order valence-corrected chi connectivity index (χ2v) is 6.14. The third kappa shape index (κ3) is 4.51.